The maximum Gasteiger partial charge on any atom is 0.310 e. The van der Waals surface area contributed by atoms with E-state index in [4.69, 9.17) is 14.2 Å². The number of nitro benzene ring substituents is 1. The second-order valence-electron chi connectivity index (χ2n) is 7.52. The van der Waals surface area contributed by atoms with E-state index >= 15 is 0 Å². The van der Waals surface area contributed by atoms with Crippen molar-refractivity contribution in [1.82, 2.24) is 9.80 Å². The molecule has 9 heteroatoms. The zero-order chi connectivity index (χ0) is 21.6. The van der Waals surface area contributed by atoms with Gasteiger partial charge in [0.2, 0.25) is 12.7 Å². The Morgan fingerprint density at radius 2 is 1.84 bits per heavy atom. The number of carbonyl (C=O) groups is 1. The predicted molar refractivity (Wildman–Crippen MR) is 112 cm³/mol. The quantitative estimate of drug-likeness (QED) is 0.363. The fourth-order valence-electron chi connectivity index (χ4n) is 3.75. The minimum absolute atomic E-state index is 0.0626. The van der Waals surface area contributed by atoms with Crippen LogP contribution in [0.3, 0.4) is 0 Å². The highest BCUT2D eigenvalue weighted by Gasteiger charge is 2.22. The van der Waals surface area contributed by atoms with E-state index < -0.39 is 4.92 Å². The van der Waals surface area contributed by atoms with Crippen LogP contribution >= 0.6 is 0 Å². The van der Waals surface area contributed by atoms with E-state index in [1.54, 1.807) is 18.2 Å². The van der Waals surface area contributed by atoms with Crippen LogP contribution in [0.5, 0.6) is 17.2 Å². The van der Waals surface area contributed by atoms with Crippen LogP contribution < -0.4 is 14.2 Å². The minimum Gasteiger partial charge on any atom is -0.487 e. The average Bonchev–Trinajstić information content (AvgIpc) is 3.25. The summed E-state index contributed by atoms with van der Waals surface area (Å²) in [6.07, 6.45) is 0.880. The van der Waals surface area contributed by atoms with Gasteiger partial charge in [0.1, 0.15) is 0 Å². The minimum atomic E-state index is -0.469. The molecule has 2 aromatic carbocycles. The molecule has 2 aliphatic rings. The van der Waals surface area contributed by atoms with E-state index in [-0.39, 0.29) is 30.7 Å². The number of benzene rings is 2. The molecule has 2 aromatic rings. The zero-order valence-corrected chi connectivity index (χ0v) is 17.2. The number of hydrogen-bond donors (Lipinski definition) is 0. The third kappa shape index (κ3) is 5.24. The summed E-state index contributed by atoms with van der Waals surface area (Å²) < 4.78 is 16.3. The second kappa shape index (κ2) is 9.65. The van der Waals surface area contributed by atoms with Gasteiger partial charge >= 0.3 is 5.69 Å². The van der Waals surface area contributed by atoms with Crippen LogP contribution in [-0.4, -0.2) is 60.2 Å². The first-order chi connectivity index (χ1) is 15.1. The molecule has 0 unspecified atom stereocenters. The van der Waals surface area contributed by atoms with Gasteiger partial charge in [-0.1, -0.05) is 18.2 Å². The second-order valence-corrected chi connectivity index (χ2v) is 7.52. The van der Waals surface area contributed by atoms with E-state index in [1.807, 2.05) is 23.1 Å². The van der Waals surface area contributed by atoms with E-state index in [2.05, 4.69) is 4.90 Å². The van der Waals surface area contributed by atoms with Crippen molar-refractivity contribution in [2.24, 2.45) is 0 Å². The summed E-state index contributed by atoms with van der Waals surface area (Å²) in [7, 11) is 0. The first kappa shape index (κ1) is 20.9. The van der Waals surface area contributed by atoms with E-state index in [1.165, 1.54) is 6.07 Å². The van der Waals surface area contributed by atoms with Crippen LogP contribution in [0.15, 0.2) is 42.5 Å². The molecular formula is C22H25N3O6. The Labute approximate surface area is 180 Å². The third-order valence-electron chi connectivity index (χ3n) is 5.42. The molecule has 0 aromatic heterocycles. The fourth-order valence-corrected chi connectivity index (χ4v) is 3.75. The SMILES string of the molecule is O=C(CCCOc1ccccc1[N+](=O)[O-])N1CCN(Cc2ccc3c(c2)OCO3)CC1. The molecule has 9 nitrogen and oxygen atoms in total. The Bertz CT molecular complexity index is 943. The molecular weight excluding hydrogens is 402 g/mol. The van der Waals surface area contributed by atoms with Gasteiger partial charge in [0.05, 0.1) is 11.5 Å². The number of fused-ring (bicyclic) bond motifs is 1. The largest absolute Gasteiger partial charge is 0.487 e. The average molecular weight is 427 g/mol. The van der Waals surface area contributed by atoms with Crippen LogP contribution in [0.25, 0.3) is 0 Å². The predicted octanol–water partition coefficient (Wildman–Crippen LogP) is 2.83. The molecule has 0 radical (unpaired) electrons. The molecule has 2 aliphatic heterocycles. The first-order valence-corrected chi connectivity index (χ1v) is 10.3. The highest BCUT2D eigenvalue weighted by molar-refractivity contribution is 5.76. The van der Waals surface area contributed by atoms with Gasteiger partial charge in [-0.25, -0.2) is 0 Å². The van der Waals surface area contributed by atoms with E-state index in [0.717, 1.165) is 36.7 Å². The Morgan fingerprint density at radius 3 is 2.65 bits per heavy atom. The van der Waals surface area contributed by atoms with Gasteiger partial charge in [-0.2, -0.15) is 0 Å². The van der Waals surface area contributed by atoms with Gasteiger partial charge in [-0.15, -0.1) is 0 Å². The smallest absolute Gasteiger partial charge is 0.310 e. The summed E-state index contributed by atoms with van der Waals surface area (Å²) in [5, 5.41) is 11.0. The summed E-state index contributed by atoms with van der Waals surface area (Å²) in [5.41, 5.74) is 1.10. The Hall–Kier alpha value is -3.33. The number of amides is 1. The highest BCUT2D eigenvalue weighted by Crippen LogP contribution is 2.33. The third-order valence-corrected chi connectivity index (χ3v) is 5.42. The van der Waals surface area contributed by atoms with Crippen molar-refractivity contribution in [3.05, 3.63) is 58.1 Å². The van der Waals surface area contributed by atoms with E-state index in [0.29, 0.717) is 25.9 Å². The summed E-state index contributed by atoms with van der Waals surface area (Å²) in [4.78, 5) is 27.2. The number of para-hydroxylation sites is 2. The van der Waals surface area contributed by atoms with Crippen molar-refractivity contribution in [3.63, 3.8) is 0 Å². The number of nitrogens with zero attached hydrogens (tertiary/aromatic N) is 3. The molecule has 4 rings (SSSR count). The number of rotatable bonds is 8. The van der Waals surface area contributed by atoms with Crippen molar-refractivity contribution in [3.8, 4) is 17.2 Å². The summed E-state index contributed by atoms with van der Waals surface area (Å²) in [6, 6.07) is 12.3. The molecule has 0 bridgehead atoms. The summed E-state index contributed by atoms with van der Waals surface area (Å²) in [5.74, 6) is 1.89. The van der Waals surface area contributed by atoms with Crippen LogP contribution in [0.4, 0.5) is 5.69 Å². The molecule has 1 amide bonds. The Morgan fingerprint density at radius 1 is 1.06 bits per heavy atom. The molecule has 0 spiro atoms. The Kier molecular flexibility index (Phi) is 6.51. The van der Waals surface area contributed by atoms with Crippen molar-refractivity contribution >= 4 is 11.6 Å². The molecule has 1 saturated heterocycles. The maximum absolute atomic E-state index is 12.5. The zero-order valence-electron chi connectivity index (χ0n) is 17.2. The molecule has 0 saturated carbocycles. The number of ether oxygens (including phenoxy) is 3. The van der Waals surface area contributed by atoms with Crippen LogP contribution in [-0.2, 0) is 11.3 Å². The van der Waals surface area contributed by atoms with Crippen LogP contribution in [0.2, 0.25) is 0 Å². The number of carbonyl (C=O) groups excluding carboxylic acids is 1. The molecule has 31 heavy (non-hydrogen) atoms. The van der Waals surface area contributed by atoms with Gasteiger partial charge in [-0.05, 0) is 30.2 Å². The van der Waals surface area contributed by atoms with Gasteiger partial charge < -0.3 is 19.1 Å². The van der Waals surface area contributed by atoms with Crippen molar-refractivity contribution in [2.75, 3.05) is 39.6 Å². The monoisotopic (exact) mass is 427 g/mol. The van der Waals surface area contributed by atoms with Gasteiger partial charge in [0.25, 0.3) is 0 Å². The van der Waals surface area contributed by atoms with Crippen molar-refractivity contribution in [2.45, 2.75) is 19.4 Å². The number of nitro groups is 1. The normalized spacial score (nSPS) is 15.7. The van der Waals surface area contributed by atoms with E-state index in [9.17, 15) is 14.9 Å². The standard InChI is InChI=1S/C22H25N3O6/c26-22(6-3-13-29-19-5-2-1-4-18(19)25(27)28)24-11-9-23(10-12-24)15-17-7-8-20-21(14-17)31-16-30-20/h1-2,4-5,7-8,14H,3,6,9-13,15-16H2. The van der Waals surface area contributed by atoms with Crippen molar-refractivity contribution in [1.29, 1.82) is 0 Å². The topological polar surface area (TPSA) is 94.4 Å². The molecule has 164 valence electrons. The molecule has 0 atom stereocenters. The first-order valence-electron chi connectivity index (χ1n) is 10.3. The summed E-state index contributed by atoms with van der Waals surface area (Å²) >= 11 is 0. The maximum atomic E-state index is 12.5. The number of hydrogen-bond acceptors (Lipinski definition) is 7. The van der Waals surface area contributed by atoms with Crippen molar-refractivity contribution < 1.29 is 23.9 Å². The number of piperazine rings is 1. The van der Waals surface area contributed by atoms with Crippen LogP contribution in [0.1, 0.15) is 18.4 Å². The van der Waals surface area contributed by atoms with Crippen LogP contribution in [0, 0.1) is 10.1 Å². The lowest BCUT2D eigenvalue weighted by molar-refractivity contribution is -0.385. The van der Waals surface area contributed by atoms with Gasteiger partial charge in [-0.3, -0.25) is 19.8 Å². The molecule has 2 heterocycles. The Balaban J connectivity index is 1.17. The summed E-state index contributed by atoms with van der Waals surface area (Å²) in [6.45, 7) is 4.35. The lowest BCUT2D eigenvalue weighted by Gasteiger charge is -2.34. The highest BCUT2D eigenvalue weighted by atomic mass is 16.7. The lowest BCUT2D eigenvalue weighted by Crippen LogP contribution is -2.48. The van der Waals surface area contributed by atoms with Gasteiger partial charge in [0.15, 0.2) is 17.2 Å². The van der Waals surface area contributed by atoms with Gasteiger partial charge in [0, 0.05) is 45.2 Å². The fraction of sp³-hybridized carbons (Fsp3) is 0.409. The lowest BCUT2D eigenvalue weighted by atomic mass is 10.1. The molecule has 1 fully saturated rings. The molecule has 0 aliphatic carbocycles. The molecule has 0 N–H and O–H groups in total.